The van der Waals surface area contributed by atoms with Crippen LogP contribution in [0.5, 0.6) is 0 Å². The molecule has 0 radical (unpaired) electrons. The molecule has 1 aromatic heterocycles. The van der Waals surface area contributed by atoms with Crippen molar-refractivity contribution in [3.63, 3.8) is 0 Å². The Morgan fingerprint density at radius 3 is 2.83 bits per heavy atom. The van der Waals surface area contributed by atoms with Crippen LogP contribution in [0, 0.1) is 6.92 Å². The molecular formula is C18H17N3OS. The predicted octanol–water partition coefficient (Wildman–Crippen LogP) is 3.57. The Morgan fingerprint density at radius 2 is 2.04 bits per heavy atom. The molecule has 1 amide bonds. The van der Waals surface area contributed by atoms with Gasteiger partial charge in [-0.2, -0.15) is 0 Å². The van der Waals surface area contributed by atoms with E-state index in [1.807, 2.05) is 30.5 Å². The SMILES string of the molecule is Cc1cccc(-n2ccnc2SCc2cccc(C(N)=O)c2)c1. The third-order valence-electron chi connectivity index (χ3n) is 3.47. The molecule has 0 aliphatic carbocycles. The molecule has 0 aliphatic rings. The van der Waals surface area contributed by atoms with E-state index >= 15 is 0 Å². The van der Waals surface area contributed by atoms with Crippen LogP contribution in [0.1, 0.15) is 21.5 Å². The number of aryl methyl sites for hydroxylation is 1. The standard InChI is InChI=1S/C18H17N3OS/c1-13-4-2-7-16(10-13)21-9-8-20-18(21)23-12-14-5-3-6-15(11-14)17(19)22/h2-11H,12H2,1H3,(H2,19,22). The highest BCUT2D eigenvalue weighted by Crippen LogP contribution is 2.24. The van der Waals surface area contributed by atoms with Crippen LogP contribution in [0.3, 0.4) is 0 Å². The van der Waals surface area contributed by atoms with Crippen molar-refractivity contribution < 1.29 is 4.79 Å². The molecule has 0 spiro atoms. The number of benzene rings is 2. The third kappa shape index (κ3) is 3.63. The maximum absolute atomic E-state index is 11.3. The van der Waals surface area contributed by atoms with Crippen LogP contribution in [0.2, 0.25) is 0 Å². The van der Waals surface area contributed by atoms with Crippen molar-refractivity contribution in [1.29, 1.82) is 0 Å². The smallest absolute Gasteiger partial charge is 0.248 e. The lowest BCUT2D eigenvalue weighted by molar-refractivity contribution is 0.1000. The third-order valence-corrected chi connectivity index (χ3v) is 4.50. The van der Waals surface area contributed by atoms with Gasteiger partial charge in [0.1, 0.15) is 0 Å². The van der Waals surface area contributed by atoms with Gasteiger partial charge in [-0.3, -0.25) is 9.36 Å². The fourth-order valence-electron chi connectivity index (χ4n) is 2.33. The maximum atomic E-state index is 11.3. The zero-order valence-corrected chi connectivity index (χ0v) is 13.6. The normalized spacial score (nSPS) is 10.7. The second-order valence-electron chi connectivity index (χ2n) is 5.27. The van der Waals surface area contributed by atoms with Crippen LogP contribution in [-0.4, -0.2) is 15.5 Å². The molecule has 0 bridgehead atoms. The van der Waals surface area contributed by atoms with E-state index in [4.69, 9.17) is 5.73 Å². The van der Waals surface area contributed by atoms with Crippen molar-refractivity contribution in [3.05, 3.63) is 77.6 Å². The van der Waals surface area contributed by atoms with Crippen molar-refractivity contribution in [3.8, 4) is 5.69 Å². The lowest BCUT2D eigenvalue weighted by Crippen LogP contribution is -2.10. The summed E-state index contributed by atoms with van der Waals surface area (Å²) in [6.07, 6.45) is 3.75. The van der Waals surface area contributed by atoms with Gasteiger partial charge in [0.2, 0.25) is 5.91 Å². The summed E-state index contributed by atoms with van der Waals surface area (Å²) in [6.45, 7) is 2.07. The van der Waals surface area contributed by atoms with E-state index in [0.717, 1.165) is 22.2 Å². The summed E-state index contributed by atoms with van der Waals surface area (Å²) in [5.41, 5.74) is 9.21. The van der Waals surface area contributed by atoms with E-state index in [2.05, 4.69) is 34.7 Å². The highest BCUT2D eigenvalue weighted by Gasteiger charge is 2.07. The zero-order valence-electron chi connectivity index (χ0n) is 12.8. The van der Waals surface area contributed by atoms with E-state index in [9.17, 15) is 4.79 Å². The molecule has 2 aromatic carbocycles. The van der Waals surface area contributed by atoms with Gasteiger partial charge in [-0.05, 0) is 42.3 Å². The predicted molar refractivity (Wildman–Crippen MR) is 92.8 cm³/mol. The second-order valence-corrected chi connectivity index (χ2v) is 6.21. The minimum atomic E-state index is -0.405. The van der Waals surface area contributed by atoms with Crippen LogP contribution in [0.4, 0.5) is 0 Å². The van der Waals surface area contributed by atoms with Gasteiger partial charge in [0.15, 0.2) is 5.16 Å². The molecule has 5 heteroatoms. The van der Waals surface area contributed by atoms with Gasteiger partial charge in [0.05, 0.1) is 0 Å². The fourth-order valence-corrected chi connectivity index (χ4v) is 3.25. The molecule has 0 aliphatic heterocycles. The number of rotatable bonds is 5. The van der Waals surface area contributed by atoms with Crippen molar-refractivity contribution in [2.75, 3.05) is 0 Å². The van der Waals surface area contributed by atoms with E-state index in [0.29, 0.717) is 5.56 Å². The average Bonchev–Trinajstić information content (AvgIpc) is 3.02. The lowest BCUT2D eigenvalue weighted by Gasteiger charge is -2.08. The molecule has 2 N–H and O–H groups in total. The number of amides is 1. The Morgan fingerprint density at radius 1 is 1.22 bits per heavy atom. The summed E-state index contributed by atoms with van der Waals surface area (Å²) in [6, 6.07) is 15.7. The molecule has 3 rings (SSSR count). The lowest BCUT2D eigenvalue weighted by atomic mass is 10.1. The van der Waals surface area contributed by atoms with Crippen LogP contribution in [-0.2, 0) is 5.75 Å². The number of carbonyl (C=O) groups excluding carboxylic acids is 1. The molecule has 23 heavy (non-hydrogen) atoms. The Balaban J connectivity index is 1.79. The summed E-state index contributed by atoms with van der Waals surface area (Å²) in [4.78, 5) is 15.7. The number of aromatic nitrogens is 2. The molecular weight excluding hydrogens is 306 g/mol. The molecule has 0 unspecified atom stereocenters. The number of hydrogen-bond acceptors (Lipinski definition) is 3. The Labute approximate surface area is 139 Å². The average molecular weight is 323 g/mol. The maximum Gasteiger partial charge on any atom is 0.248 e. The summed E-state index contributed by atoms with van der Waals surface area (Å²) >= 11 is 1.63. The Kier molecular flexibility index (Phi) is 4.48. The number of primary amides is 1. The number of imidazole rings is 1. The first-order valence-corrected chi connectivity index (χ1v) is 8.24. The highest BCUT2D eigenvalue weighted by molar-refractivity contribution is 7.98. The molecule has 0 saturated heterocycles. The molecule has 0 atom stereocenters. The van der Waals surface area contributed by atoms with Crippen molar-refractivity contribution in [1.82, 2.24) is 9.55 Å². The molecule has 116 valence electrons. The van der Waals surface area contributed by atoms with E-state index < -0.39 is 5.91 Å². The minimum Gasteiger partial charge on any atom is -0.366 e. The van der Waals surface area contributed by atoms with Crippen LogP contribution in [0.25, 0.3) is 5.69 Å². The topological polar surface area (TPSA) is 60.9 Å². The largest absolute Gasteiger partial charge is 0.366 e. The molecule has 4 nitrogen and oxygen atoms in total. The van der Waals surface area contributed by atoms with Crippen molar-refractivity contribution >= 4 is 17.7 Å². The molecule has 0 saturated carbocycles. The quantitative estimate of drug-likeness (QED) is 0.730. The first-order valence-electron chi connectivity index (χ1n) is 7.25. The van der Waals surface area contributed by atoms with Crippen molar-refractivity contribution in [2.24, 2.45) is 5.73 Å². The van der Waals surface area contributed by atoms with Gasteiger partial charge in [-0.1, -0.05) is 36.0 Å². The van der Waals surface area contributed by atoms with Gasteiger partial charge in [0, 0.05) is 29.4 Å². The summed E-state index contributed by atoms with van der Waals surface area (Å²) in [5, 5.41) is 0.917. The van der Waals surface area contributed by atoms with Crippen molar-refractivity contribution in [2.45, 2.75) is 17.8 Å². The summed E-state index contributed by atoms with van der Waals surface area (Å²) in [5.74, 6) is 0.322. The van der Waals surface area contributed by atoms with E-state index in [1.165, 1.54) is 5.56 Å². The van der Waals surface area contributed by atoms with Gasteiger partial charge >= 0.3 is 0 Å². The Hall–Kier alpha value is -2.53. The van der Waals surface area contributed by atoms with Gasteiger partial charge < -0.3 is 5.73 Å². The first-order chi connectivity index (χ1) is 11.1. The molecule has 3 aromatic rings. The van der Waals surface area contributed by atoms with Gasteiger partial charge in [0.25, 0.3) is 0 Å². The van der Waals surface area contributed by atoms with Crippen LogP contribution < -0.4 is 5.73 Å². The van der Waals surface area contributed by atoms with E-state index in [-0.39, 0.29) is 0 Å². The summed E-state index contributed by atoms with van der Waals surface area (Å²) in [7, 11) is 0. The highest BCUT2D eigenvalue weighted by atomic mass is 32.2. The van der Waals surface area contributed by atoms with Crippen LogP contribution in [0.15, 0.2) is 66.1 Å². The first kappa shape index (κ1) is 15.4. The molecule has 1 heterocycles. The number of nitrogens with zero attached hydrogens (tertiary/aromatic N) is 2. The van der Waals surface area contributed by atoms with Gasteiger partial charge in [-0.15, -0.1) is 0 Å². The van der Waals surface area contributed by atoms with Gasteiger partial charge in [-0.25, -0.2) is 4.98 Å². The second kappa shape index (κ2) is 6.71. The fraction of sp³-hybridized carbons (Fsp3) is 0.111. The van der Waals surface area contributed by atoms with Crippen LogP contribution >= 0.6 is 11.8 Å². The number of carbonyl (C=O) groups is 1. The van der Waals surface area contributed by atoms with E-state index in [1.54, 1.807) is 24.0 Å². The minimum absolute atomic E-state index is 0.405. The zero-order chi connectivity index (χ0) is 16.2. The molecule has 0 fully saturated rings. The summed E-state index contributed by atoms with van der Waals surface area (Å²) < 4.78 is 2.07. The number of nitrogens with two attached hydrogens (primary N) is 1. The monoisotopic (exact) mass is 323 g/mol. The Bertz CT molecular complexity index is 842. The number of hydrogen-bond donors (Lipinski definition) is 1. The number of thioether (sulfide) groups is 1.